The fourth-order valence-electron chi connectivity index (χ4n) is 0.805. The van der Waals surface area contributed by atoms with E-state index in [0.717, 1.165) is 5.56 Å². The van der Waals surface area contributed by atoms with Crippen LogP contribution in [0.25, 0.3) is 0 Å². The zero-order valence-corrected chi connectivity index (χ0v) is 6.28. The van der Waals surface area contributed by atoms with Crippen molar-refractivity contribution < 1.29 is 5.11 Å². The number of nitrogens with zero attached hydrogens (tertiary/aromatic N) is 1. The lowest BCUT2D eigenvalue weighted by atomic mass is 10.1. The van der Waals surface area contributed by atoms with Crippen LogP contribution in [-0.2, 0) is 0 Å². The third-order valence-corrected chi connectivity index (χ3v) is 1.46. The SMILES string of the molecule is CC(=NN)c1cccc(O)c1. The molecule has 3 N–H and O–H groups in total. The van der Waals surface area contributed by atoms with Crippen molar-refractivity contribution in [1.82, 2.24) is 0 Å². The van der Waals surface area contributed by atoms with Crippen LogP contribution in [0.15, 0.2) is 29.4 Å². The first-order valence-electron chi connectivity index (χ1n) is 3.28. The predicted octanol–water partition coefficient (Wildman–Crippen LogP) is 1.07. The first kappa shape index (κ1) is 7.60. The van der Waals surface area contributed by atoms with Crippen molar-refractivity contribution in [2.45, 2.75) is 6.92 Å². The molecule has 58 valence electrons. The number of hydrogen-bond donors (Lipinski definition) is 2. The fourth-order valence-corrected chi connectivity index (χ4v) is 0.805. The van der Waals surface area contributed by atoms with Gasteiger partial charge in [0, 0.05) is 5.56 Å². The van der Waals surface area contributed by atoms with E-state index < -0.39 is 0 Å². The highest BCUT2D eigenvalue weighted by atomic mass is 16.3. The topological polar surface area (TPSA) is 58.6 Å². The van der Waals surface area contributed by atoms with Crippen molar-refractivity contribution in [3.63, 3.8) is 0 Å². The molecular formula is C8H10N2O. The van der Waals surface area contributed by atoms with Crippen molar-refractivity contribution in [1.29, 1.82) is 0 Å². The summed E-state index contributed by atoms with van der Waals surface area (Å²) in [6, 6.07) is 6.81. The zero-order valence-electron chi connectivity index (χ0n) is 6.28. The summed E-state index contributed by atoms with van der Waals surface area (Å²) in [4.78, 5) is 0. The summed E-state index contributed by atoms with van der Waals surface area (Å²) in [7, 11) is 0. The molecular weight excluding hydrogens is 140 g/mol. The lowest BCUT2D eigenvalue weighted by Crippen LogP contribution is -1.97. The molecule has 0 unspecified atom stereocenters. The van der Waals surface area contributed by atoms with Gasteiger partial charge in [0.15, 0.2) is 0 Å². The van der Waals surface area contributed by atoms with Gasteiger partial charge in [-0.2, -0.15) is 5.10 Å². The number of phenolic OH excluding ortho intramolecular Hbond substituents is 1. The molecule has 0 heterocycles. The number of hydrogen-bond acceptors (Lipinski definition) is 3. The van der Waals surface area contributed by atoms with Gasteiger partial charge < -0.3 is 10.9 Å². The van der Waals surface area contributed by atoms with Crippen molar-refractivity contribution in [2.75, 3.05) is 0 Å². The maximum atomic E-state index is 9.06. The van der Waals surface area contributed by atoms with E-state index in [0.29, 0.717) is 5.71 Å². The molecule has 0 aliphatic rings. The van der Waals surface area contributed by atoms with Gasteiger partial charge in [0.1, 0.15) is 5.75 Å². The largest absolute Gasteiger partial charge is 0.508 e. The summed E-state index contributed by atoms with van der Waals surface area (Å²) in [5, 5.41) is 12.6. The monoisotopic (exact) mass is 150 g/mol. The minimum Gasteiger partial charge on any atom is -0.508 e. The van der Waals surface area contributed by atoms with E-state index in [4.69, 9.17) is 10.9 Å². The van der Waals surface area contributed by atoms with E-state index in [1.54, 1.807) is 25.1 Å². The fraction of sp³-hybridized carbons (Fsp3) is 0.125. The maximum Gasteiger partial charge on any atom is 0.116 e. The standard InChI is InChI=1S/C8H10N2O/c1-6(10-9)7-3-2-4-8(11)5-7/h2-5,11H,9H2,1H3. The molecule has 3 heteroatoms. The van der Waals surface area contributed by atoms with Crippen molar-refractivity contribution in [3.05, 3.63) is 29.8 Å². The lowest BCUT2D eigenvalue weighted by Gasteiger charge is -1.98. The van der Waals surface area contributed by atoms with Crippen LogP contribution in [0.5, 0.6) is 5.75 Å². The molecule has 0 bridgehead atoms. The molecule has 0 atom stereocenters. The summed E-state index contributed by atoms with van der Waals surface area (Å²) in [5.74, 6) is 5.29. The highest BCUT2D eigenvalue weighted by Gasteiger charge is 1.96. The quantitative estimate of drug-likeness (QED) is 0.357. The van der Waals surface area contributed by atoms with Gasteiger partial charge in [-0.05, 0) is 19.1 Å². The number of benzene rings is 1. The van der Waals surface area contributed by atoms with Crippen LogP contribution in [0.4, 0.5) is 0 Å². The Morgan fingerprint density at radius 2 is 2.27 bits per heavy atom. The molecule has 0 fully saturated rings. The second-order valence-corrected chi connectivity index (χ2v) is 2.26. The molecule has 0 amide bonds. The highest BCUT2D eigenvalue weighted by molar-refractivity contribution is 5.98. The summed E-state index contributed by atoms with van der Waals surface area (Å²) in [5.41, 5.74) is 1.55. The summed E-state index contributed by atoms with van der Waals surface area (Å²) >= 11 is 0. The Balaban J connectivity index is 3.06. The number of phenols is 1. The Labute approximate surface area is 65.2 Å². The van der Waals surface area contributed by atoms with Gasteiger partial charge in [-0.25, -0.2) is 0 Å². The minimum atomic E-state index is 0.227. The van der Waals surface area contributed by atoms with E-state index in [1.165, 1.54) is 0 Å². The van der Waals surface area contributed by atoms with Gasteiger partial charge >= 0.3 is 0 Å². The molecule has 0 saturated heterocycles. The lowest BCUT2D eigenvalue weighted by molar-refractivity contribution is 0.475. The van der Waals surface area contributed by atoms with Gasteiger partial charge in [-0.3, -0.25) is 0 Å². The number of nitrogens with two attached hydrogens (primary N) is 1. The second-order valence-electron chi connectivity index (χ2n) is 2.26. The molecule has 0 saturated carbocycles. The molecule has 0 radical (unpaired) electrons. The summed E-state index contributed by atoms with van der Waals surface area (Å²) in [6.45, 7) is 1.79. The van der Waals surface area contributed by atoms with Gasteiger partial charge in [0.25, 0.3) is 0 Å². The average molecular weight is 150 g/mol. The Morgan fingerprint density at radius 1 is 1.55 bits per heavy atom. The highest BCUT2D eigenvalue weighted by Crippen LogP contribution is 2.10. The van der Waals surface area contributed by atoms with Crippen LogP contribution >= 0.6 is 0 Å². The summed E-state index contributed by atoms with van der Waals surface area (Å²) in [6.07, 6.45) is 0. The van der Waals surface area contributed by atoms with Crippen LogP contribution in [0, 0.1) is 0 Å². The third kappa shape index (κ3) is 1.70. The van der Waals surface area contributed by atoms with E-state index in [2.05, 4.69) is 5.10 Å². The van der Waals surface area contributed by atoms with E-state index >= 15 is 0 Å². The van der Waals surface area contributed by atoms with Crippen LogP contribution in [0.1, 0.15) is 12.5 Å². The van der Waals surface area contributed by atoms with Gasteiger partial charge in [0.05, 0.1) is 5.71 Å². The predicted molar refractivity (Wildman–Crippen MR) is 44.5 cm³/mol. The molecule has 3 nitrogen and oxygen atoms in total. The molecule has 0 spiro atoms. The van der Waals surface area contributed by atoms with E-state index in [1.807, 2.05) is 6.07 Å². The molecule has 0 aliphatic carbocycles. The molecule has 0 aliphatic heterocycles. The van der Waals surface area contributed by atoms with Gasteiger partial charge in [-0.1, -0.05) is 12.1 Å². The average Bonchev–Trinajstić information content (AvgIpc) is 2.03. The summed E-state index contributed by atoms with van der Waals surface area (Å²) < 4.78 is 0. The zero-order chi connectivity index (χ0) is 8.27. The van der Waals surface area contributed by atoms with Crippen LogP contribution < -0.4 is 5.84 Å². The van der Waals surface area contributed by atoms with Crippen molar-refractivity contribution >= 4 is 5.71 Å². The first-order chi connectivity index (χ1) is 5.24. The second kappa shape index (κ2) is 3.05. The third-order valence-electron chi connectivity index (χ3n) is 1.46. The number of hydrazone groups is 1. The Bertz CT molecular complexity index is 281. The smallest absolute Gasteiger partial charge is 0.116 e. The normalized spacial score (nSPS) is 11.5. The molecule has 11 heavy (non-hydrogen) atoms. The van der Waals surface area contributed by atoms with Crippen LogP contribution in [0.3, 0.4) is 0 Å². The van der Waals surface area contributed by atoms with Gasteiger partial charge in [-0.15, -0.1) is 0 Å². The Hall–Kier alpha value is -1.51. The Kier molecular flexibility index (Phi) is 2.11. The van der Waals surface area contributed by atoms with Crippen LogP contribution in [0.2, 0.25) is 0 Å². The van der Waals surface area contributed by atoms with E-state index in [-0.39, 0.29) is 5.75 Å². The number of rotatable bonds is 1. The van der Waals surface area contributed by atoms with Crippen LogP contribution in [-0.4, -0.2) is 10.8 Å². The molecule has 1 aromatic rings. The molecule has 1 aromatic carbocycles. The van der Waals surface area contributed by atoms with Gasteiger partial charge in [0.2, 0.25) is 0 Å². The van der Waals surface area contributed by atoms with Crippen molar-refractivity contribution in [2.24, 2.45) is 10.9 Å². The maximum absolute atomic E-state index is 9.06. The Morgan fingerprint density at radius 3 is 2.82 bits per heavy atom. The number of aromatic hydroxyl groups is 1. The molecule has 1 rings (SSSR count). The molecule has 0 aromatic heterocycles. The van der Waals surface area contributed by atoms with Crippen molar-refractivity contribution in [3.8, 4) is 5.75 Å². The minimum absolute atomic E-state index is 0.227. The first-order valence-corrected chi connectivity index (χ1v) is 3.28. The van der Waals surface area contributed by atoms with E-state index in [9.17, 15) is 0 Å².